The van der Waals surface area contributed by atoms with Gasteiger partial charge in [-0.2, -0.15) is 0 Å². The van der Waals surface area contributed by atoms with Crippen LogP contribution in [-0.4, -0.2) is 68.6 Å². The number of para-hydroxylation sites is 1. The first kappa shape index (κ1) is 17.1. The lowest BCUT2D eigenvalue weighted by Crippen LogP contribution is -2.45. The molecule has 2 rings (SSSR count). The molecule has 5 nitrogen and oxygen atoms in total. The lowest BCUT2D eigenvalue weighted by molar-refractivity contribution is -0.123. The van der Waals surface area contributed by atoms with Crippen molar-refractivity contribution in [1.29, 1.82) is 0 Å². The predicted octanol–water partition coefficient (Wildman–Crippen LogP) is 1.47. The van der Waals surface area contributed by atoms with Gasteiger partial charge in [-0.3, -0.25) is 4.79 Å². The van der Waals surface area contributed by atoms with Gasteiger partial charge in [-0.05, 0) is 32.1 Å². The van der Waals surface area contributed by atoms with Gasteiger partial charge in [0, 0.05) is 32.7 Å². The van der Waals surface area contributed by atoms with Crippen molar-refractivity contribution in [2.75, 3.05) is 52.9 Å². The summed E-state index contributed by atoms with van der Waals surface area (Å²) >= 11 is 5.97. The molecule has 1 aromatic carbocycles. The highest BCUT2D eigenvalue weighted by atomic mass is 35.5. The average molecular weight is 326 g/mol. The molecule has 122 valence electrons. The van der Waals surface area contributed by atoms with Crippen molar-refractivity contribution >= 4 is 17.5 Å². The molecule has 1 aliphatic heterocycles. The Morgan fingerprint density at radius 3 is 2.73 bits per heavy atom. The van der Waals surface area contributed by atoms with Crippen molar-refractivity contribution in [3.8, 4) is 5.75 Å². The zero-order chi connectivity index (χ0) is 15.8. The maximum atomic E-state index is 11.7. The second-order valence-electron chi connectivity index (χ2n) is 5.57. The number of carbonyl (C=O) groups is 1. The number of nitrogens with one attached hydrogen (secondary N) is 1. The highest BCUT2D eigenvalue weighted by Crippen LogP contribution is 2.22. The Bertz CT molecular complexity index is 476. The first-order valence-electron chi connectivity index (χ1n) is 7.70. The summed E-state index contributed by atoms with van der Waals surface area (Å²) in [6, 6.07) is 7.15. The molecule has 1 fully saturated rings. The van der Waals surface area contributed by atoms with E-state index in [4.69, 9.17) is 16.3 Å². The van der Waals surface area contributed by atoms with Gasteiger partial charge in [-0.15, -0.1) is 0 Å². The van der Waals surface area contributed by atoms with Crippen LogP contribution in [0.25, 0.3) is 0 Å². The molecule has 0 bridgehead atoms. The minimum Gasteiger partial charge on any atom is -0.482 e. The smallest absolute Gasteiger partial charge is 0.257 e. The molecule has 1 amide bonds. The third kappa shape index (κ3) is 5.83. The summed E-state index contributed by atoms with van der Waals surface area (Å²) in [6.45, 7) is 6.17. The number of carbonyl (C=O) groups excluding carboxylic acids is 1. The van der Waals surface area contributed by atoms with Gasteiger partial charge in [0.2, 0.25) is 0 Å². The van der Waals surface area contributed by atoms with E-state index in [1.165, 1.54) is 0 Å². The standard InChI is InChI=1S/C16H24ClN3O2/c1-19-9-11-20(12-10-19)8-4-7-18-16(21)13-22-15-6-3-2-5-14(15)17/h2-3,5-6H,4,7-13H2,1H3,(H,18,21). The zero-order valence-corrected chi connectivity index (χ0v) is 13.8. The van der Waals surface area contributed by atoms with Gasteiger partial charge < -0.3 is 19.9 Å². The largest absolute Gasteiger partial charge is 0.482 e. The van der Waals surface area contributed by atoms with E-state index in [1.54, 1.807) is 12.1 Å². The second-order valence-corrected chi connectivity index (χ2v) is 5.97. The number of likely N-dealkylation sites (N-methyl/N-ethyl adjacent to an activating group) is 1. The van der Waals surface area contributed by atoms with E-state index < -0.39 is 0 Å². The first-order chi connectivity index (χ1) is 10.6. The highest BCUT2D eigenvalue weighted by Gasteiger charge is 2.13. The number of ether oxygens (including phenoxy) is 1. The lowest BCUT2D eigenvalue weighted by atomic mass is 10.3. The molecule has 0 aromatic heterocycles. The topological polar surface area (TPSA) is 44.8 Å². The number of benzene rings is 1. The number of hydrogen-bond acceptors (Lipinski definition) is 4. The monoisotopic (exact) mass is 325 g/mol. The normalized spacial score (nSPS) is 16.5. The quantitative estimate of drug-likeness (QED) is 0.771. The summed E-state index contributed by atoms with van der Waals surface area (Å²) in [5.41, 5.74) is 0. The molecular weight excluding hydrogens is 302 g/mol. The summed E-state index contributed by atoms with van der Waals surface area (Å²) in [6.07, 6.45) is 0.960. The fourth-order valence-electron chi connectivity index (χ4n) is 2.36. The molecule has 1 heterocycles. The minimum atomic E-state index is -0.113. The molecule has 1 saturated heterocycles. The third-order valence-corrected chi connectivity index (χ3v) is 4.08. The summed E-state index contributed by atoms with van der Waals surface area (Å²) in [5, 5.41) is 3.40. The van der Waals surface area contributed by atoms with Crippen molar-refractivity contribution in [2.24, 2.45) is 0 Å². The SMILES string of the molecule is CN1CCN(CCCNC(=O)COc2ccccc2Cl)CC1. The van der Waals surface area contributed by atoms with Gasteiger partial charge in [-0.25, -0.2) is 0 Å². The van der Waals surface area contributed by atoms with Gasteiger partial charge in [0.05, 0.1) is 5.02 Å². The van der Waals surface area contributed by atoms with Gasteiger partial charge in [0.25, 0.3) is 5.91 Å². The number of halogens is 1. The van der Waals surface area contributed by atoms with Gasteiger partial charge in [0.1, 0.15) is 5.75 Å². The fraction of sp³-hybridized carbons (Fsp3) is 0.562. The molecule has 0 spiro atoms. The summed E-state index contributed by atoms with van der Waals surface area (Å²) in [5.74, 6) is 0.426. The Hall–Kier alpha value is -1.30. The van der Waals surface area contributed by atoms with E-state index in [1.807, 2.05) is 12.1 Å². The maximum absolute atomic E-state index is 11.7. The first-order valence-corrected chi connectivity index (χ1v) is 8.08. The van der Waals surface area contributed by atoms with Crippen molar-refractivity contribution in [2.45, 2.75) is 6.42 Å². The lowest BCUT2D eigenvalue weighted by Gasteiger charge is -2.32. The molecule has 22 heavy (non-hydrogen) atoms. The van der Waals surface area contributed by atoms with Crippen LogP contribution < -0.4 is 10.1 Å². The predicted molar refractivity (Wildman–Crippen MR) is 88.5 cm³/mol. The molecule has 0 atom stereocenters. The van der Waals surface area contributed by atoms with Crippen LogP contribution in [0.1, 0.15) is 6.42 Å². The van der Waals surface area contributed by atoms with Gasteiger partial charge >= 0.3 is 0 Å². The highest BCUT2D eigenvalue weighted by molar-refractivity contribution is 6.32. The van der Waals surface area contributed by atoms with Crippen LogP contribution in [0.5, 0.6) is 5.75 Å². The van der Waals surface area contributed by atoms with Crippen molar-refractivity contribution in [1.82, 2.24) is 15.1 Å². The van der Waals surface area contributed by atoms with Crippen LogP contribution in [0.15, 0.2) is 24.3 Å². The molecule has 0 radical (unpaired) electrons. The average Bonchev–Trinajstić information content (AvgIpc) is 2.52. The Labute approximate surface area is 137 Å². The molecule has 1 N–H and O–H groups in total. The molecular formula is C16H24ClN3O2. The van der Waals surface area contributed by atoms with Crippen LogP contribution in [0.4, 0.5) is 0 Å². The summed E-state index contributed by atoms with van der Waals surface area (Å²) < 4.78 is 5.40. The van der Waals surface area contributed by atoms with Crippen LogP contribution in [-0.2, 0) is 4.79 Å². The molecule has 0 saturated carbocycles. The number of hydrogen-bond donors (Lipinski definition) is 1. The van der Waals surface area contributed by atoms with Crippen LogP contribution in [0.2, 0.25) is 5.02 Å². The van der Waals surface area contributed by atoms with Crippen molar-refractivity contribution < 1.29 is 9.53 Å². The number of amides is 1. The van der Waals surface area contributed by atoms with Crippen LogP contribution in [0.3, 0.4) is 0 Å². The molecule has 6 heteroatoms. The van der Waals surface area contributed by atoms with E-state index in [0.717, 1.165) is 39.1 Å². The van der Waals surface area contributed by atoms with E-state index in [2.05, 4.69) is 22.2 Å². The zero-order valence-electron chi connectivity index (χ0n) is 13.1. The molecule has 0 aliphatic carbocycles. The van der Waals surface area contributed by atoms with Gasteiger partial charge in [0.15, 0.2) is 6.61 Å². The maximum Gasteiger partial charge on any atom is 0.257 e. The minimum absolute atomic E-state index is 0.00174. The van der Waals surface area contributed by atoms with E-state index >= 15 is 0 Å². The van der Waals surface area contributed by atoms with Crippen molar-refractivity contribution in [3.05, 3.63) is 29.3 Å². The Morgan fingerprint density at radius 1 is 1.27 bits per heavy atom. The van der Waals surface area contributed by atoms with Gasteiger partial charge in [-0.1, -0.05) is 23.7 Å². The second kappa shape index (κ2) is 8.98. The third-order valence-electron chi connectivity index (χ3n) is 3.76. The van der Waals surface area contributed by atoms with Crippen LogP contribution in [0, 0.1) is 0 Å². The van der Waals surface area contributed by atoms with E-state index in [-0.39, 0.29) is 12.5 Å². The number of rotatable bonds is 7. The number of nitrogens with zero attached hydrogens (tertiary/aromatic N) is 2. The van der Waals surface area contributed by atoms with E-state index in [0.29, 0.717) is 17.3 Å². The summed E-state index contributed by atoms with van der Waals surface area (Å²) in [4.78, 5) is 16.5. The molecule has 1 aliphatic rings. The molecule has 1 aromatic rings. The van der Waals surface area contributed by atoms with Crippen molar-refractivity contribution in [3.63, 3.8) is 0 Å². The Balaban J connectivity index is 1.55. The Morgan fingerprint density at radius 2 is 2.00 bits per heavy atom. The van der Waals surface area contributed by atoms with Crippen LogP contribution >= 0.6 is 11.6 Å². The summed E-state index contributed by atoms with van der Waals surface area (Å²) in [7, 11) is 2.15. The number of piperazine rings is 1. The molecule has 0 unspecified atom stereocenters. The Kier molecular flexibility index (Phi) is 6.96. The fourth-order valence-corrected chi connectivity index (χ4v) is 2.55. The van der Waals surface area contributed by atoms with E-state index in [9.17, 15) is 4.79 Å².